The number of para-hydroxylation sites is 2. The Morgan fingerprint density at radius 3 is 1.64 bits per heavy atom. The van der Waals surface area contributed by atoms with Crippen molar-refractivity contribution in [2.24, 2.45) is 0 Å². The van der Waals surface area contributed by atoms with Gasteiger partial charge in [-0.05, 0) is 59.2 Å². The Kier molecular flexibility index (Phi) is 7.42. The summed E-state index contributed by atoms with van der Waals surface area (Å²) >= 11 is 0. The molecule has 7 aromatic carbocycles. The summed E-state index contributed by atoms with van der Waals surface area (Å²) in [4.78, 5) is 14.7. The highest BCUT2D eigenvalue weighted by Gasteiger charge is 2.21. The number of benzene rings is 7. The fraction of sp³-hybridized carbons (Fsp3) is 0. The third kappa shape index (κ3) is 5.37. The Balaban J connectivity index is 1.03. The van der Waals surface area contributed by atoms with Crippen molar-refractivity contribution in [1.29, 1.82) is 0 Å². The molecule has 0 atom stereocenters. The number of aromatic nitrogens is 3. The number of hydrogen-bond acceptors (Lipinski definition) is 5. The van der Waals surface area contributed by atoms with Crippen LogP contribution in [0.1, 0.15) is 0 Å². The molecular weight excluding hydrogens is 687 g/mol. The summed E-state index contributed by atoms with van der Waals surface area (Å²) in [6, 6.07) is 62.4. The predicted octanol–water partition coefficient (Wildman–Crippen LogP) is 13.7. The first-order valence-corrected chi connectivity index (χ1v) is 18.7. The van der Waals surface area contributed by atoms with E-state index in [1.54, 1.807) is 0 Å². The highest BCUT2D eigenvalue weighted by atomic mass is 16.3. The smallest absolute Gasteiger partial charge is 0.160 e. The zero-order valence-electron chi connectivity index (χ0n) is 30.1. The fourth-order valence-corrected chi connectivity index (χ4v) is 7.91. The molecule has 262 valence electrons. The van der Waals surface area contributed by atoms with Crippen LogP contribution in [-0.2, 0) is 0 Å². The van der Waals surface area contributed by atoms with Gasteiger partial charge in [0.25, 0.3) is 0 Å². The lowest BCUT2D eigenvalue weighted by atomic mass is 9.92. The standard InChI is InChI=1S/C51H31N3O2/c1-2-11-33(12-3-1)43-31-44(35-24-22-34(23-25-35)42-16-8-9-30-52-42)54-51(53-43)36-26-20-32(21-27-36)37-28-29-39(50-49(37)41-14-5-7-18-46(41)56-50)38-15-10-19-47-48(38)40-13-4-6-17-45(40)55-47/h1-31H. The molecule has 56 heavy (non-hydrogen) atoms. The highest BCUT2D eigenvalue weighted by Crippen LogP contribution is 2.45. The van der Waals surface area contributed by atoms with E-state index in [1.165, 1.54) is 0 Å². The van der Waals surface area contributed by atoms with Gasteiger partial charge < -0.3 is 8.83 Å². The monoisotopic (exact) mass is 717 g/mol. The number of rotatable bonds is 6. The van der Waals surface area contributed by atoms with Crippen LogP contribution in [0.3, 0.4) is 0 Å². The van der Waals surface area contributed by atoms with Crippen LogP contribution in [0.2, 0.25) is 0 Å². The van der Waals surface area contributed by atoms with E-state index in [1.807, 2.05) is 72.9 Å². The van der Waals surface area contributed by atoms with Crippen LogP contribution in [0.15, 0.2) is 197 Å². The van der Waals surface area contributed by atoms with E-state index < -0.39 is 0 Å². The predicted molar refractivity (Wildman–Crippen MR) is 227 cm³/mol. The largest absolute Gasteiger partial charge is 0.456 e. The molecule has 11 aromatic rings. The van der Waals surface area contributed by atoms with Gasteiger partial charge in [-0.1, -0.05) is 140 Å². The molecule has 0 aliphatic carbocycles. The molecule has 11 rings (SSSR count). The minimum absolute atomic E-state index is 0.663. The third-order valence-corrected chi connectivity index (χ3v) is 10.6. The van der Waals surface area contributed by atoms with Crippen molar-refractivity contribution in [3.05, 3.63) is 188 Å². The van der Waals surface area contributed by atoms with Gasteiger partial charge in [-0.2, -0.15) is 0 Å². The second-order valence-corrected chi connectivity index (χ2v) is 13.9. The number of hydrogen-bond donors (Lipinski definition) is 0. The van der Waals surface area contributed by atoms with Crippen molar-refractivity contribution in [3.8, 4) is 67.4 Å². The summed E-state index contributed by atoms with van der Waals surface area (Å²) in [5.74, 6) is 0.663. The summed E-state index contributed by atoms with van der Waals surface area (Å²) in [5, 5.41) is 4.33. The van der Waals surface area contributed by atoms with Crippen LogP contribution in [0.4, 0.5) is 0 Å². The first-order chi connectivity index (χ1) is 27.7. The van der Waals surface area contributed by atoms with Gasteiger partial charge in [0.1, 0.15) is 22.3 Å². The Bertz CT molecular complexity index is 3220. The molecule has 0 saturated carbocycles. The van der Waals surface area contributed by atoms with Gasteiger partial charge in [0.2, 0.25) is 0 Å². The average Bonchev–Trinajstić information content (AvgIpc) is 3.86. The van der Waals surface area contributed by atoms with Gasteiger partial charge >= 0.3 is 0 Å². The third-order valence-electron chi connectivity index (χ3n) is 10.6. The Hall–Kier alpha value is -7.63. The average molecular weight is 718 g/mol. The lowest BCUT2D eigenvalue weighted by Gasteiger charge is -2.12. The zero-order valence-corrected chi connectivity index (χ0v) is 30.1. The lowest BCUT2D eigenvalue weighted by Crippen LogP contribution is -1.96. The second-order valence-electron chi connectivity index (χ2n) is 13.9. The highest BCUT2D eigenvalue weighted by molar-refractivity contribution is 6.20. The van der Waals surface area contributed by atoms with Crippen LogP contribution in [-0.4, -0.2) is 15.0 Å². The van der Waals surface area contributed by atoms with Gasteiger partial charge in [0.15, 0.2) is 5.82 Å². The molecule has 0 unspecified atom stereocenters. The number of fused-ring (bicyclic) bond motifs is 6. The van der Waals surface area contributed by atoms with Crippen molar-refractivity contribution >= 4 is 43.9 Å². The minimum atomic E-state index is 0.663. The second kappa shape index (κ2) is 13.0. The molecule has 0 spiro atoms. The van der Waals surface area contributed by atoms with Crippen molar-refractivity contribution in [2.45, 2.75) is 0 Å². The molecule has 4 heterocycles. The maximum absolute atomic E-state index is 6.72. The molecule has 4 aromatic heterocycles. The molecule has 0 N–H and O–H groups in total. The molecule has 5 heteroatoms. The fourth-order valence-electron chi connectivity index (χ4n) is 7.91. The van der Waals surface area contributed by atoms with E-state index >= 15 is 0 Å². The molecule has 5 nitrogen and oxygen atoms in total. The molecule has 0 radical (unpaired) electrons. The maximum Gasteiger partial charge on any atom is 0.160 e. The summed E-state index contributed by atoms with van der Waals surface area (Å²) in [6.07, 6.45) is 1.82. The minimum Gasteiger partial charge on any atom is -0.456 e. The molecule has 0 saturated heterocycles. The molecule has 0 amide bonds. The number of nitrogens with zero attached hydrogens (tertiary/aromatic N) is 3. The Morgan fingerprint density at radius 1 is 0.339 bits per heavy atom. The van der Waals surface area contributed by atoms with Crippen molar-refractivity contribution in [3.63, 3.8) is 0 Å². The quantitative estimate of drug-likeness (QED) is 0.171. The van der Waals surface area contributed by atoms with Crippen LogP contribution < -0.4 is 0 Å². The Labute approximate surface area is 322 Å². The van der Waals surface area contributed by atoms with Gasteiger partial charge in [-0.3, -0.25) is 4.98 Å². The maximum atomic E-state index is 6.72. The number of furan rings is 2. The molecule has 0 aliphatic rings. The van der Waals surface area contributed by atoms with Crippen molar-refractivity contribution in [2.75, 3.05) is 0 Å². The summed E-state index contributed by atoms with van der Waals surface area (Å²) in [7, 11) is 0. The van der Waals surface area contributed by atoms with Gasteiger partial charge in [0.05, 0.1) is 17.1 Å². The first kappa shape index (κ1) is 31.9. The number of pyridine rings is 1. The molecular formula is C51H31N3O2. The Morgan fingerprint density at radius 2 is 0.911 bits per heavy atom. The SMILES string of the molecule is c1ccc(-c2cc(-c3ccc(-c4ccccn4)cc3)nc(-c3ccc(-c4ccc(-c5cccc6oc7ccccc7c56)c5oc6ccccc6c45)cc3)n2)cc1. The van der Waals surface area contributed by atoms with Crippen LogP contribution in [0.5, 0.6) is 0 Å². The summed E-state index contributed by atoms with van der Waals surface area (Å²) in [5.41, 5.74) is 14.4. The lowest BCUT2D eigenvalue weighted by molar-refractivity contribution is 0.668. The molecule has 0 fully saturated rings. The van der Waals surface area contributed by atoms with Gasteiger partial charge in [-0.25, -0.2) is 9.97 Å². The topological polar surface area (TPSA) is 65.0 Å². The first-order valence-electron chi connectivity index (χ1n) is 18.7. The zero-order chi connectivity index (χ0) is 37.0. The van der Waals surface area contributed by atoms with Crippen molar-refractivity contribution in [1.82, 2.24) is 15.0 Å². The van der Waals surface area contributed by atoms with Crippen LogP contribution in [0.25, 0.3) is 111 Å². The molecule has 0 aliphatic heterocycles. The van der Waals surface area contributed by atoms with E-state index in [0.717, 1.165) is 105 Å². The normalized spacial score (nSPS) is 11.6. The summed E-state index contributed by atoms with van der Waals surface area (Å²) in [6.45, 7) is 0. The van der Waals surface area contributed by atoms with Gasteiger partial charge in [0, 0.05) is 55.6 Å². The van der Waals surface area contributed by atoms with E-state index in [4.69, 9.17) is 18.8 Å². The van der Waals surface area contributed by atoms with E-state index in [9.17, 15) is 0 Å². The van der Waals surface area contributed by atoms with Crippen molar-refractivity contribution < 1.29 is 8.83 Å². The van der Waals surface area contributed by atoms with E-state index in [0.29, 0.717) is 5.82 Å². The van der Waals surface area contributed by atoms with E-state index in [2.05, 4.69) is 120 Å². The van der Waals surface area contributed by atoms with E-state index in [-0.39, 0.29) is 0 Å². The molecule has 0 bridgehead atoms. The van der Waals surface area contributed by atoms with Gasteiger partial charge in [-0.15, -0.1) is 0 Å². The van der Waals surface area contributed by atoms with Crippen LogP contribution >= 0.6 is 0 Å². The summed E-state index contributed by atoms with van der Waals surface area (Å²) < 4.78 is 13.0. The van der Waals surface area contributed by atoms with Crippen LogP contribution in [0, 0.1) is 0 Å².